The summed E-state index contributed by atoms with van der Waals surface area (Å²) in [5, 5.41) is 42.0. The molecule has 184 valence electrons. The van der Waals surface area contributed by atoms with E-state index in [0.717, 1.165) is 0 Å². The van der Waals surface area contributed by atoms with Crippen LogP contribution in [0.1, 0.15) is 73.3 Å². The molecule has 0 amide bonds. The number of allylic oxidation sites excluding steroid dienone is 1. The summed E-state index contributed by atoms with van der Waals surface area (Å²) in [6.07, 6.45) is -17.6. The van der Waals surface area contributed by atoms with Crippen molar-refractivity contribution in [3.8, 4) is 0 Å². The van der Waals surface area contributed by atoms with Crippen molar-refractivity contribution in [1.82, 2.24) is 0 Å². The predicted molar refractivity (Wildman–Crippen MR) is 113 cm³/mol. The van der Waals surface area contributed by atoms with Crippen molar-refractivity contribution in [1.29, 1.82) is 0 Å². The van der Waals surface area contributed by atoms with Crippen molar-refractivity contribution in [2.24, 2.45) is 28.6 Å². The maximum absolute atomic E-state index is 12.7. The van der Waals surface area contributed by atoms with E-state index in [1.54, 1.807) is 6.92 Å². The van der Waals surface area contributed by atoms with Crippen molar-refractivity contribution < 1.29 is 77.3 Å². The third-order valence-electron chi connectivity index (χ3n) is 8.94. The monoisotopic (exact) mass is 492 g/mol. The Morgan fingerprint density at radius 3 is 2.62 bits per heavy atom. The van der Waals surface area contributed by atoms with E-state index < -0.39 is 72.8 Å². The summed E-state index contributed by atoms with van der Waals surface area (Å²) in [6, 6.07) is -0.0868. The van der Waals surface area contributed by atoms with Crippen LogP contribution in [0.5, 0.6) is 0 Å². The van der Waals surface area contributed by atoms with E-state index in [0.29, 0.717) is 25.7 Å². The molecule has 3 saturated carbocycles. The summed E-state index contributed by atoms with van der Waals surface area (Å²) in [5.41, 5.74) is -1.78. The SMILES string of the molecule is [2H]C1=C2C([2H])([2H])[C@@]([2H])(O[C@@H]3O[C@H](C(=O)[O-])[C@@H](O)[C@H](O)[C@H]3O)C([2H])([2H])C[C@]2(C)[C@H]2CC[C@]3(C)C(=O)CC[C@H]3[C@@H]2C1.[Na+]. The number of fused-ring (bicyclic) bond motifs is 5. The standard InChI is InChI=1S/C25H36O8.Na/c1-24-9-7-13(32-23-20(29)18(27)19(28)21(33-23)22(30)31)11-12(24)3-4-14-15-5-6-17(26)25(15,2)10-8-16(14)24;/h3,13-16,18-21,23,27-29H,4-11H2,1-2H3,(H,30,31);/q;+1/p-1/t13-,14-,15-,16-,18-,19-,20+,21-,23+,24-,25-;/m0./s1/i3D,7D2,11D2,13D;. The maximum atomic E-state index is 12.7. The van der Waals surface area contributed by atoms with E-state index in [2.05, 4.69) is 0 Å². The number of ketones is 1. The first-order chi connectivity index (χ1) is 17.8. The van der Waals surface area contributed by atoms with Gasteiger partial charge in [0.2, 0.25) is 0 Å². The Labute approximate surface area is 230 Å². The van der Waals surface area contributed by atoms with Gasteiger partial charge < -0.3 is 34.7 Å². The van der Waals surface area contributed by atoms with Gasteiger partial charge in [-0.3, -0.25) is 4.79 Å². The molecular weight excluding hydrogens is 451 g/mol. The van der Waals surface area contributed by atoms with Gasteiger partial charge in [-0.15, -0.1) is 0 Å². The van der Waals surface area contributed by atoms with E-state index in [1.165, 1.54) is 0 Å². The molecule has 0 aromatic carbocycles. The third-order valence-corrected chi connectivity index (χ3v) is 8.94. The second kappa shape index (κ2) is 9.53. The summed E-state index contributed by atoms with van der Waals surface area (Å²) in [7, 11) is 0. The Morgan fingerprint density at radius 2 is 1.91 bits per heavy atom. The number of aliphatic hydroxyl groups is 3. The zero-order valence-electron chi connectivity index (χ0n) is 25.7. The molecule has 0 spiro atoms. The molecule has 0 aromatic heterocycles. The van der Waals surface area contributed by atoms with Gasteiger partial charge in [0, 0.05) is 17.3 Å². The maximum Gasteiger partial charge on any atom is 1.00 e. The number of aliphatic hydroxyl groups excluding tert-OH is 3. The largest absolute Gasteiger partial charge is 1.00 e. The van der Waals surface area contributed by atoms with Crippen LogP contribution in [-0.2, 0) is 19.1 Å². The fraction of sp³-hybridized carbons (Fsp3) is 0.840. The van der Waals surface area contributed by atoms with Crippen LogP contribution in [0.2, 0.25) is 0 Å². The Balaban J connectivity index is 0.00000370. The number of carboxylic acids is 1. The van der Waals surface area contributed by atoms with E-state index in [4.69, 9.17) is 17.7 Å². The number of hydrogen-bond donors (Lipinski definition) is 3. The minimum Gasteiger partial charge on any atom is -0.547 e. The molecule has 0 bridgehead atoms. The number of rotatable bonds is 3. The minimum absolute atomic E-state index is 0. The second-order valence-electron chi connectivity index (χ2n) is 10.6. The van der Waals surface area contributed by atoms with Gasteiger partial charge in [-0.25, -0.2) is 0 Å². The summed E-state index contributed by atoms with van der Waals surface area (Å²) >= 11 is 0. The number of ether oxygens (including phenoxy) is 2. The number of carbonyl (C=O) groups is 2. The number of hydrogen-bond acceptors (Lipinski definition) is 8. The van der Waals surface area contributed by atoms with Crippen molar-refractivity contribution in [3.05, 3.63) is 11.6 Å². The van der Waals surface area contributed by atoms with Gasteiger partial charge in [-0.05, 0) is 68.0 Å². The van der Waals surface area contributed by atoms with Gasteiger partial charge in [0.1, 0.15) is 30.2 Å². The number of carboxylic acid groups (broad SMARTS) is 1. The van der Waals surface area contributed by atoms with Crippen molar-refractivity contribution in [3.63, 3.8) is 0 Å². The Bertz CT molecular complexity index is 1120. The van der Waals surface area contributed by atoms with Crippen LogP contribution >= 0.6 is 0 Å². The molecule has 0 radical (unpaired) electrons. The Morgan fingerprint density at radius 1 is 1.21 bits per heavy atom. The summed E-state index contributed by atoms with van der Waals surface area (Å²) in [4.78, 5) is 24.2. The van der Waals surface area contributed by atoms with Crippen LogP contribution in [0.4, 0.5) is 0 Å². The van der Waals surface area contributed by atoms with Crippen LogP contribution in [0.25, 0.3) is 0 Å². The fourth-order valence-electron chi connectivity index (χ4n) is 6.90. The van der Waals surface area contributed by atoms with E-state index in [9.17, 15) is 30.0 Å². The van der Waals surface area contributed by atoms with Crippen LogP contribution in [0.15, 0.2) is 11.6 Å². The molecule has 5 rings (SSSR count). The number of carbonyl (C=O) groups excluding carboxylic acids is 2. The predicted octanol–water partition coefficient (Wildman–Crippen LogP) is -2.53. The molecule has 1 saturated heterocycles. The first kappa shape index (κ1) is 19.7. The first-order valence-corrected chi connectivity index (χ1v) is 11.7. The molecule has 34 heavy (non-hydrogen) atoms. The van der Waals surface area contributed by atoms with Gasteiger partial charge in [0.05, 0.1) is 14.8 Å². The molecular formula is C25H35NaO8. The minimum atomic E-state index is -3.13. The topological polar surface area (TPSA) is 136 Å². The molecule has 0 unspecified atom stereocenters. The van der Waals surface area contributed by atoms with Gasteiger partial charge >= 0.3 is 29.6 Å². The van der Waals surface area contributed by atoms with Gasteiger partial charge in [0.15, 0.2) is 6.29 Å². The molecule has 5 aliphatic rings. The smallest absolute Gasteiger partial charge is 0.547 e. The normalized spacial score (nSPS) is 58.3. The van der Waals surface area contributed by atoms with Gasteiger partial charge in [-0.2, -0.15) is 0 Å². The number of Topliss-reactive ketones (excluding diaryl/α,β-unsaturated/α-hetero) is 1. The van der Waals surface area contributed by atoms with Crippen molar-refractivity contribution in [2.75, 3.05) is 0 Å². The molecule has 0 aromatic rings. The van der Waals surface area contributed by atoms with Crippen LogP contribution in [0.3, 0.4) is 0 Å². The Hall–Kier alpha value is -0.320. The third kappa shape index (κ3) is 4.06. The molecule has 11 atom stereocenters. The summed E-state index contributed by atoms with van der Waals surface area (Å²) in [5.74, 6) is -2.12. The van der Waals surface area contributed by atoms with Gasteiger partial charge in [0.25, 0.3) is 0 Å². The molecule has 8 nitrogen and oxygen atoms in total. The second-order valence-corrected chi connectivity index (χ2v) is 10.6. The average molecular weight is 493 g/mol. The first-order valence-electron chi connectivity index (χ1n) is 14.7. The van der Waals surface area contributed by atoms with Crippen molar-refractivity contribution in [2.45, 2.75) is 102 Å². The van der Waals surface area contributed by atoms with Crippen LogP contribution in [0, 0.1) is 28.6 Å². The van der Waals surface area contributed by atoms with Crippen LogP contribution in [-0.4, -0.2) is 63.9 Å². The van der Waals surface area contributed by atoms with Crippen molar-refractivity contribution >= 4 is 11.8 Å². The molecule has 4 aliphatic carbocycles. The zero-order chi connectivity index (χ0) is 29.1. The molecule has 4 fully saturated rings. The van der Waals surface area contributed by atoms with Crippen LogP contribution < -0.4 is 34.7 Å². The van der Waals surface area contributed by atoms with E-state index >= 15 is 0 Å². The quantitative estimate of drug-likeness (QED) is 0.290. The molecule has 1 heterocycles. The molecule has 1 aliphatic heterocycles. The van der Waals surface area contributed by atoms with E-state index in [-0.39, 0.29) is 71.1 Å². The van der Waals surface area contributed by atoms with Gasteiger partial charge in [-0.1, -0.05) is 25.5 Å². The number of aliphatic carboxylic acids is 1. The summed E-state index contributed by atoms with van der Waals surface area (Å²) < 4.78 is 64.3. The molecule has 9 heteroatoms. The average Bonchev–Trinajstić information content (AvgIpc) is 3.12. The van der Waals surface area contributed by atoms with E-state index in [1.807, 2.05) is 6.92 Å². The Kier molecular flexibility index (Phi) is 5.53. The zero-order valence-corrected chi connectivity index (χ0v) is 21.7. The molecule has 3 N–H and O–H groups in total. The fourth-order valence-corrected chi connectivity index (χ4v) is 6.90. The summed E-state index contributed by atoms with van der Waals surface area (Å²) in [6.45, 7) is 3.66.